The van der Waals surface area contributed by atoms with Crippen LogP contribution in [-0.4, -0.2) is 36.6 Å². The predicted octanol–water partition coefficient (Wildman–Crippen LogP) is 3.10. The maximum Gasteiger partial charge on any atom is 0.183 e. The molecule has 1 aromatic carbocycles. The minimum absolute atomic E-state index is 0.0264. The molecule has 0 N–H and O–H groups in total. The van der Waals surface area contributed by atoms with Gasteiger partial charge in [0.2, 0.25) is 0 Å². The van der Waals surface area contributed by atoms with E-state index in [1.54, 1.807) is 24.8 Å². The molecule has 0 saturated carbocycles. The summed E-state index contributed by atoms with van der Waals surface area (Å²) in [7, 11) is -3.27. The third kappa shape index (κ3) is 2.40. The number of nitrogens with zero attached hydrogens (tertiary/aromatic N) is 2. The molecule has 0 spiro atoms. The molecular weight excluding hydrogens is 348 g/mol. The average Bonchev–Trinajstić information content (AvgIpc) is 3.35. The summed E-state index contributed by atoms with van der Waals surface area (Å²) < 4.78 is 31.2. The maximum absolute atomic E-state index is 13.0. The van der Waals surface area contributed by atoms with Gasteiger partial charge in [0.25, 0.3) is 0 Å². The van der Waals surface area contributed by atoms with E-state index in [1.165, 1.54) is 0 Å². The summed E-state index contributed by atoms with van der Waals surface area (Å²) in [5.74, 6) is 0.0264. The Morgan fingerprint density at radius 3 is 2.85 bits per heavy atom. The van der Waals surface area contributed by atoms with Crippen molar-refractivity contribution in [3.8, 4) is 11.1 Å². The van der Waals surface area contributed by atoms with Crippen molar-refractivity contribution in [3.63, 3.8) is 0 Å². The van der Waals surface area contributed by atoms with Gasteiger partial charge in [-0.3, -0.25) is 9.88 Å². The van der Waals surface area contributed by atoms with Gasteiger partial charge in [0.15, 0.2) is 9.84 Å². The first-order valence-electron chi connectivity index (χ1n) is 8.64. The van der Waals surface area contributed by atoms with Gasteiger partial charge in [0.05, 0.1) is 22.7 Å². The largest absolute Gasteiger partial charge is 0.472 e. The highest BCUT2D eigenvalue weighted by Gasteiger charge is 2.50. The number of hydrogen-bond acceptors (Lipinski definition) is 5. The van der Waals surface area contributed by atoms with Crippen LogP contribution in [0.25, 0.3) is 11.1 Å². The molecule has 5 rings (SSSR count). The molecule has 26 heavy (non-hydrogen) atoms. The van der Waals surface area contributed by atoms with E-state index >= 15 is 0 Å². The lowest BCUT2D eigenvalue weighted by atomic mass is 9.95. The SMILES string of the molecule is O=S1(=O)c2ccc(-c3ccoc3)cc2[C@H]2CN(Cc3cccnc3)C[C@H]21. The van der Waals surface area contributed by atoms with Crippen molar-refractivity contribution >= 4 is 9.84 Å². The smallest absolute Gasteiger partial charge is 0.183 e. The van der Waals surface area contributed by atoms with Crippen LogP contribution in [0.3, 0.4) is 0 Å². The third-order valence-corrected chi connectivity index (χ3v) is 7.70. The number of pyridine rings is 1. The first-order valence-corrected chi connectivity index (χ1v) is 10.2. The number of hydrogen-bond donors (Lipinski definition) is 0. The van der Waals surface area contributed by atoms with Crippen molar-refractivity contribution in [2.24, 2.45) is 0 Å². The number of benzene rings is 1. The van der Waals surface area contributed by atoms with Crippen molar-refractivity contribution in [1.29, 1.82) is 0 Å². The first kappa shape index (κ1) is 15.8. The highest BCUT2D eigenvalue weighted by atomic mass is 32.2. The van der Waals surface area contributed by atoms with E-state index in [4.69, 9.17) is 4.42 Å². The van der Waals surface area contributed by atoms with E-state index < -0.39 is 9.84 Å². The first-order chi connectivity index (χ1) is 12.6. The summed E-state index contributed by atoms with van der Waals surface area (Å²) in [4.78, 5) is 6.87. The third-order valence-electron chi connectivity index (χ3n) is 5.44. The lowest BCUT2D eigenvalue weighted by Gasteiger charge is -2.17. The number of fused-ring (bicyclic) bond motifs is 3. The molecule has 1 fully saturated rings. The summed E-state index contributed by atoms with van der Waals surface area (Å²) in [6, 6.07) is 11.5. The van der Waals surface area contributed by atoms with Crippen molar-refractivity contribution in [3.05, 3.63) is 72.4 Å². The monoisotopic (exact) mass is 366 g/mol. The number of rotatable bonds is 3. The Bertz CT molecular complexity index is 1050. The molecule has 0 bridgehead atoms. The molecule has 2 atom stereocenters. The normalized spacial score (nSPS) is 23.7. The fourth-order valence-corrected chi connectivity index (χ4v) is 6.41. The maximum atomic E-state index is 13.0. The molecule has 0 aliphatic carbocycles. The number of aromatic nitrogens is 1. The molecule has 2 aliphatic rings. The van der Waals surface area contributed by atoms with E-state index in [0.717, 1.165) is 35.3 Å². The molecule has 6 heteroatoms. The van der Waals surface area contributed by atoms with Gasteiger partial charge in [-0.25, -0.2) is 8.42 Å². The fraction of sp³-hybridized carbons (Fsp3) is 0.250. The Kier molecular flexibility index (Phi) is 3.52. The quantitative estimate of drug-likeness (QED) is 0.713. The van der Waals surface area contributed by atoms with E-state index in [0.29, 0.717) is 11.4 Å². The molecule has 4 heterocycles. The molecule has 0 unspecified atom stereocenters. The summed E-state index contributed by atoms with van der Waals surface area (Å²) in [6.07, 6.45) is 6.91. The molecule has 2 aliphatic heterocycles. The van der Waals surface area contributed by atoms with Gasteiger partial charge in [-0.2, -0.15) is 0 Å². The summed E-state index contributed by atoms with van der Waals surface area (Å²) in [5.41, 5.74) is 4.03. The topological polar surface area (TPSA) is 63.4 Å². The minimum atomic E-state index is -3.27. The van der Waals surface area contributed by atoms with Crippen LogP contribution in [0.5, 0.6) is 0 Å². The molecule has 0 radical (unpaired) electrons. The van der Waals surface area contributed by atoms with E-state index in [2.05, 4.69) is 9.88 Å². The van der Waals surface area contributed by atoms with Crippen molar-refractivity contribution in [2.45, 2.75) is 22.6 Å². The lowest BCUT2D eigenvalue weighted by Crippen LogP contribution is -2.25. The second-order valence-corrected chi connectivity index (χ2v) is 9.15. The Balaban J connectivity index is 1.49. The van der Waals surface area contributed by atoms with Gasteiger partial charge in [-0.15, -0.1) is 0 Å². The van der Waals surface area contributed by atoms with E-state index in [1.807, 2.05) is 36.5 Å². The summed E-state index contributed by atoms with van der Waals surface area (Å²) >= 11 is 0. The van der Waals surface area contributed by atoms with Crippen molar-refractivity contribution in [2.75, 3.05) is 13.1 Å². The summed E-state index contributed by atoms with van der Waals surface area (Å²) in [6.45, 7) is 2.05. The van der Waals surface area contributed by atoms with Crippen LogP contribution in [0.2, 0.25) is 0 Å². The zero-order valence-corrected chi connectivity index (χ0v) is 14.9. The van der Waals surface area contributed by atoms with Gasteiger partial charge >= 0.3 is 0 Å². The Hall–Kier alpha value is -2.44. The molecule has 2 aromatic heterocycles. The number of sulfone groups is 1. The molecule has 132 valence electrons. The highest BCUT2D eigenvalue weighted by Crippen LogP contribution is 2.46. The van der Waals surface area contributed by atoms with Gasteiger partial charge in [-0.1, -0.05) is 12.1 Å². The van der Waals surface area contributed by atoms with Crippen LogP contribution in [0, 0.1) is 0 Å². The van der Waals surface area contributed by atoms with E-state index in [9.17, 15) is 8.42 Å². The van der Waals surface area contributed by atoms with Crippen LogP contribution in [-0.2, 0) is 16.4 Å². The molecule has 3 aromatic rings. The van der Waals surface area contributed by atoms with Gasteiger partial charge < -0.3 is 4.42 Å². The fourth-order valence-electron chi connectivity index (χ4n) is 4.21. The van der Waals surface area contributed by atoms with Gasteiger partial charge in [0, 0.05) is 43.5 Å². The Morgan fingerprint density at radius 2 is 2.08 bits per heavy atom. The molecule has 1 saturated heterocycles. The number of furan rings is 1. The lowest BCUT2D eigenvalue weighted by molar-refractivity contribution is 0.325. The van der Waals surface area contributed by atoms with Crippen molar-refractivity contribution in [1.82, 2.24) is 9.88 Å². The van der Waals surface area contributed by atoms with Crippen LogP contribution in [0.1, 0.15) is 17.0 Å². The van der Waals surface area contributed by atoms with Crippen LogP contribution in [0.4, 0.5) is 0 Å². The highest BCUT2D eigenvalue weighted by molar-refractivity contribution is 7.92. The molecule has 5 nitrogen and oxygen atoms in total. The second-order valence-electron chi connectivity index (χ2n) is 7.01. The molecular formula is C20H18N2O3S. The predicted molar refractivity (Wildman–Crippen MR) is 97.4 cm³/mol. The second kappa shape index (κ2) is 5.79. The molecule has 0 amide bonds. The van der Waals surface area contributed by atoms with E-state index in [-0.39, 0.29) is 11.2 Å². The minimum Gasteiger partial charge on any atom is -0.472 e. The average molecular weight is 366 g/mol. The van der Waals surface area contributed by atoms with Gasteiger partial charge in [0.1, 0.15) is 0 Å². The van der Waals surface area contributed by atoms with Crippen molar-refractivity contribution < 1.29 is 12.8 Å². The zero-order chi connectivity index (χ0) is 17.7. The van der Waals surface area contributed by atoms with Gasteiger partial charge in [-0.05, 0) is 41.0 Å². The van der Waals surface area contributed by atoms with Crippen LogP contribution in [0.15, 0.2) is 70.6 Å². The Morgan fingerprint density at radius 1 is 1.15 bits per heavy atom. The van der Waals surface area contributed by atoms with Crippen LogP contribution >= 0.6 is 0 Å². The standard InChI is InChI=1S/C20H18N2O3S/c23-26(24)19-4-3-15(16-5-7-25-13-16)8-17(19)18-11-22(12-20(18)26)10-14-2-1-6-21-9-14/h1-9,13,18,20H,10-12H2/t18-,20-/m1/s1. The zero-order valence-electron chi connectivity index (χ0n) is 14.1. The van der Waals surface area contributed by atoms with Crippen LogP contribution < -0.4 is 0 Å². The summed E-state index contributed by atoms with van der Waals surface area (Å²) in [5, 5.41) is -0.353. The number of likely N-dealkylation sites (tertiary alicyclic amines) is 1. The Labute approximate surface area is 152 Å².